The Morgan fingerprint density at radius 1 is 1.08 bits per heavy atom. The van der Waals surface area contributed by atoms with Gasteiger partial charge in [0.25, 0.3) is 5.91 Å². The van der Waals surface area contributed by atoms with Gasteiger partial charge in [0.05, 0.1) is 36.9 Å². The number of amides is 2. The first-order valence-corrected chi connectivity index (χ1v) is 17.1. The number of Topliss-reactive ketones (excluding diaryl/α,β-unsaturated/α-hetero) is 1. The molecule has 2 saturated heterocycles. The Balaban J connectivity index is 1.52. The van der Waals surface area contributed by atoms with Crippen LogP contribution in [0.5, 0.6) is 0 Å². The van der Waals surface area contributed by atoms with Crippen molar-refractivity contribution in [2.75, 3.05) is 26.9 Å². The number of rotatable bonds is 12. The summed E-state index contributed by atoms with van der Waals surface area (Å²) in [5.41, 5.74) is 3.81. The third-order valence-electron chi connectivity index (χ3n) is 9.22. The maximum absolute atomic E-state index is 14.2. The third-order valence-corrected chi connectivity index (χ3v) is 9.22. The van der Waals surface area contributed by atoms with Gasteiger partial charge in [-0.15, -0.1) is 0 Å². The highest BCUT2D eigenvalue weighted by molar-refractivity contribution is 5.94. The molecule has 3 heterocycles. The molecule has 2 fully saturated rings. The van der Waals surface area contributed by atoms with Gasteiger partial charge in [-0.2, -0.15) is 0 Å². The van der Waals surface area contributed by atoms with Crippen LogP contribution in [0.15, 0.2) is 36.4 Å². The molecule has 2 N–H and O–H groups in total. The van der Waals surface area contributed by atoms with Crippen LogP contribution in [0.25, 0.3) is 17.0 Å². The quantitative estimate of drug-likeness (QED) is 0.309. The number of ether oxygens (including phenoxy) is 4. The van der Waals surface area contributed by atoms with Crippen LogP contribution in [-0.2, 0) is 42.9 Å². The Labute approximate surface area is 293 Å². The van der Waals surface area contributed by atoms with Crippen molar-refractivity contribution in [3.63, 3.8) is 0 Å². The molecule has 1 aromatic carbocycles. The Morgan fingerprint density at radius 2 is 1.76 bits per heavy atom. The van der Waals surface area contributed by atoms with Crippen LogP contribution >= 0.6 is 0 Å². The van der Waals surface area contributed by atoms with Gasteiger partial charge >= 0.3 is 11.9 Å². The van der Waals surface area contributed by atoms with Crippen molar-refractivity contribution in [3.05, 3.63) is 47.7 Å². The molecule has 4 rings (SSSR count). The highest BCUT2D eigenvalue weighted by Gasteiger charge is 2.45. The van der Waals surface area contributed by atoms with Crippen molar-refractivity contribution >= 4 is 46.5 Å². The van der Waals surface area contributed by atoms with Crippen molar-refractivity contribution in [2.45, 2.75) is 91.7 Å². The van der Waals surface area contributed by atoms with E-state index in [1.165, 1.54) is 19.0 Å². The lowest BCUT2D eigenvalue weighted by atomic mass is 9.77. The van der Waals surface area contributed by atoms with Gasteiger partial charge in [-0.25, -0.2) is 10.4 Å². The third kappa shape index (κ3) is 9.52. The van der Waals surface area contributed by atoms with E-state index in [4.69, 9.17) is 23.9 Å². The summed E-state index contributed by atoms with van der Waals surface area (Å²) in [6.45, 7) is 12.4. The Hall–Kier alpha value is -4.20. The van der Waals surface area contributed by atoms with E-state index < -0.39 is 59.1 Å². The van der Waals surface area contributed by atoms with Gasteiger partial charge in [-0.05, 0) is 64.2 Å². The van der Waals surface area contributed by atoms with E-state index >= 15 is 0 Å². The van der Waals surface area contributed by atoms with Crippen LogP contribution in [0, 0.1) is 17.3 Å². The van der Waals surface area contributed by atoms with Crippen molar-refractivity contribution in [3.8, 4) is 0 Å². The number of nitrogens with one attached hydrogen (secondary N) is 2. The molecule has 0 unspecified atom stereocenters. The van der Waals surface area contributed by atoms with Gasteiger partial charge in [-0.1, -0.05) is 44.2 Å². The number of ketones is 1. The summed E-state index contributed by atoms with van der Waals surface area (Å²) in [5, 5.41) is 5.03. The summed E-state index contributed by atoms with van der Waals surface area (Å²) in [7, 11) is 1.29. The largest absolute Gasteiger partial charge is 0.468 e. The molecule has 0 spiro atoms. The topological polar surface area (TPSA) is 162 Å². The van der Waals surface area contributed by atoms with Gasteiger partial charge in [0, 0.05) is 31.2 Å². The first kappa shape index (κ1) is 38.6. The maximum atomic E-state index is 14.2. The zero-order chi connectivity index (χ0) is 36.8. The minimum Gasteiger partial charge on any atom is -0.468 e. The number of methoxy groups -OCH3 is 1. The van der Waals surface area contributed by atoms with Crippen molar-refractivity contribution in [1.29, 1.82) is 0 Å². The monoisotopic (exact) mass is 694 g/mol. The number of carbonyl (C=O) groups is 5. The first-order chi connectivity index (χ1) is 23.5. The summed E-state index contributed by atoms with van der Waals surface area (Å²) >= 11 is 0. The number of pyridine rings is 1. The number of benzene rings is 1. The Morgan fingerprint density at radius 3 is 2.40 bits per heavy atom. The average Bonchev–Trinajstić information content (AvgIpc) is 3.08. The van der Waals surface area contributed by atoms with Crippen LogP contribution in [0.3, 0.4) is 0 Å². The summed E-state index contributed by atoms with van der Waals surface area (Å²) in [5.74, 6) is -3.75. The molecule has 0 saturated carbocycles. The van der Waals surface area contributed by atoms with E-state index in [1.54, 1.807) is 33.8 Å². The lowest BCUT2D eigenvalue weighted by Gasteiger charge is -2.41. The van der Waals surface area contributed by atoms with Gasteiger partial charge < -0.3 is 24.3 Å². The lowest BCUT2D eigenvalue weighted by molar-refractivity contribution is -0.271. The number of hydrazine groups is 1. The molecule has 50 heavy (non-hydrogen) atoms. The Bertz CT molecular complexity index is 1610. The molecule has 2 aromatic rings. The van der Waals surface area contributed by atoms with Crippen molar-refractivity contribution in [2.24, 2.45) is 17.3 Å². The molecule has 13 nitrogen and oxygen atoms in total. The van der Waals surface area contributed by atoms with E-state index in [0.29, 0.717) is 30.6 Å². The molecule has 1 aromatic heterocycles. The van der Waals surface area contributed by atoms with Crippen LogP contribution in [0.2, 0.25) is 0 Å². The van der Waals surface area contributed by atoms with E-state index in [0.717, 1.165) is 10.9 Å². The van der Waals surface area contributed by atoms with Crippen molar-refractivity contribution < 1.29 is 42.9 Å². The minimum absolute atomic E-state index is 0.0501. The number of nitrogens with zero attached hydrogens (tertiary/aromatic N) is 2. The molecule has 0 aliphatic carbocycles. The summed E-state index contributed by atoms with van der Waals surface area (Å²) in [6, 6.07) is 7.90. The first-order valence-electron chi connectivity index (χ1n) is 17.1. The molecule has 0 radical (unpaired) electrons. The van der Waals surface area contributed by atoms with E-state index in [-0.39, 0.29) is 31.3 Å². The molecule has 13 heteroatoms. The van der Waals surface area contributed by atoms with Gasteiger partial charge in [0.15, 0.2) is 5.79 Å². The van der Waals surface area contributed by atoms with Gasteiger partial charge in [0.2, 0.25) is 5.91 Å². The van der Waals surface area contributed by atoms with Gasteiger partial charge in [-0.3, -0.25) is 29.0 Å². The summed E-state index contributed by atoms with van der Waals surface area (Å²) < 4.78 is 22.1. The smallest absolute Gasteiger partial charge is 0.324 e. The fourth-order valence-electron chi connectivity index (χ4n) is 5.99. The number of fused-ring (bicyclic) bond motifs is 1. The van der Waals surface area contributed by atoms with Crippen LogP contribution in [0.1, 0.15) is 85.1 Å². The van der Waals surface area contributed by atoms with E-state index in [9.17, 15) is 24.0 Å². The number of aromatic nitrogens is 1. The number of hydrogen-bond acceptors (Lipinski definition) is 11. The highest BCUT2D eigenvalue weighted by atomic mass is 16.7. The molecule has 0 bridgehead atoms. The standard InChI is InChI=1S/C37H50N4O9/c1-22(2)28(33(44)38-23(3)34(45)41-17-9-10-30(40-41)35(46)47-8)19-32(43)37(20-48-36(6,7)49-21-37)16-15-26-11-12-27-13-14-29(39-31(27)18-26)24(4)50-25(5)42/h11-16,18,22-24,28,30,40H,9-10,17,19-21H2,1-8H3,(H,38,44)/b16-15+/t23-,24+,28-,30-/m0/s1. The lowest BCUT2D eigenvalue weighted by Crippen LogP contribution is -2.59. The normalized spacial score (nSPS) is 20.6. The van der Waals surface area contributed by atoms with E-state index in [1.807, 2.05) is 50.3 Å². The SMILES string of the molecule is COC(=O)[C@@H]1CCCN(C(=O)[C@H](C)NC(=O)[C@@H](CC(=O)C2(/C=C/c3ccc4ccc([C@@H](C)OC(C)=O)nc4c3)COC(C)(C)OC2)C(C)C)N1. The molecule has 4 atom stereocenters. The maximum Gasteiger partial charge on any atom is 0.324 e. The van der Waals surface area contributed by atoms with Gasteiger partial charge in [0.1, 0.15) is 24.0 Å². The number of carbonyl (C=O) groups excluding carboxylic acids is 5. The Kier molecular flexibility index (Phi) is 12.5. The number of esters is 2. The second-order valence-corrected chi connectivity index (χ2v) is 14.0. The second kappa shape index (κ2) is 16.2. The van der Waals surface area contributed by atoms with E-state index in [2.05, 4.69) is 10.7 Å². The fraction of sp³-hybridized carbons (Fsp3) is 0.568. The van der Waals surface area contributed by atoms with Crippen LogP contribution in [0.4, 0.5) is 0 Å². The molecule has 2 aliphatic rings. The number of hydrogen-bond donors (Lipinski definition) is 2. The molecule has 2 aliphatic heterocycles. The molecule has 2 amide bonds. The zero-order valence-electron chi connectivity index (χ0n) is 30.2. The minimum atomic E-state index is -1.18. The van der Waals surface area contributed by atoms with Crippen molar-refractivity contribution in [1.82, 2.24) is 20.7 Å². The fourth-order valence-corrected chi connectivity index (χ4v) is 5.99. The summed E-state index contributed by atoms with van der Waals surface area (Å²) in [6.07, 6.45) is 4.12. The van der Waals surface area contributed by atoms with Crippen LogP contribution in [-0.4, -0.2) is 84.3 Å². The zero-order valence-corrected chi connectivity index (χ0v) is 30.2. The average molecular weight is 695 g/mol. The molecular formula is C37H50N4O9. The predicted molar refractivity (Wildman–Crippen MR) is 185 cm³/mol. The second-order valence-electron chi connectivity index (χ2n) is 14.0. The highest BCUT2D eigenvalue weighted by Crippen LogP contribution is 2.36. The molecular weight excluding hydrogens is 644 g/mol. The molecule has 272 valence electrons. The summed E-state index contributed by atoms with van der Waals surface area (Å²) in [4.78, 5) is 69.2. The predicted octanol–water partition coefficient (Wildman–Crippen LogP) is 4.05. The van der Waals surface area contributed by atoms with Crippen LogP contribution < -0.4 is 10.7 Å².